The molecule has 5 rings (SSSR count). The van der Waals surface area contributed by atoms with Gasteiger partial charge in [0.15, 0.2) is 22.7 Å². The van der Waals surface area contributed by atoms with Gasteiger partial charge in [-0.25, -0.2) is 31.0 Å². The molecule has 0 spiro atoms. The number of ether oxygens (including phenoxy) is 2. The number of hydrogen-bond donors (Lipinski definition) is 2. The number of nitrogens with one attached hydrogen (secondary N) is 1. The second-order valence-electron chi connectivity index (χ2n) is 13.2. The number of carbonyl (C=O) groups is 2. The van der Waals surface area contributed by atoms with Crippen molar-refractivity contribution in [2.75, 3.05) is 19.7 Å². The number of piperidine rings is 1. The third-order valence-corrected chi connectivity index (χ3v) is 10.5. The number of halogens is 6. The molecule has 1 aliphatic carbocycles. The van der Waals surface area contributed by atoms with Gasteiger partial charge in [-0.2, -0.15) is 0 Å². The van der Waals surface area contributed by atoms with E-state index in [-0.39, 0.29) is 62.2 Å². The van der Waals surface area contributed by atoms with Gasteiger partial charge in [0.1, 0.15) is 39.8 Å². The lowest BCUT2D eigenvalue weighted by atomic mass is 9.76. The Morgan fingerprint density at radius 3 is 2.24 bits per heavy atom. The summed E-state index contributed by atoms with van der Waals surface area (Å²) in [7, 11) is 0. The van der Waals surface area contributed by atoms with Crippen molar-refractivity contribution in [3.63, 3.8) is 0 Å². The van der Waals surface area contributed by atoms with Gasteiger partial charge in [0, 0.05) is 42.4 Å². The molecular weight excluding hydrogens is 697 g/mol. The van der Waals surface area contributed by atoms with E-state index in [0.717, 1.165) is 12.1 Å². The van der Waals surface area contributed by atoms with E-state index in [2.05, 4.69) is 10.3 Å². The van der Waals surface area contributed by atoms with E-state index in [1.807, 2.05) is 0 Å². The normalized spacial score (nSPS) is 24.1. The second kappa shape index (κ2) is 14.1. The summed E-state index contributed by atoms with van der Waals surface area (Å²) in [6.07, 6.45) is 0.644. The van der Waals surface area contributed by atoms with Crippen molar-refractivity contribution in [2.24, 2.45) is 16.8 Å². The molecule has 2 N–H and O–H groups in total. The average molecular weight is 732 g/mol. The standard InChI is InChI=1S/C33H35ClF5N3O6S/c1-5-47-31(44)24-27(16-8-10-42(11-9-16)33(49(45)46)14-17(15-33)30(43)48-32(2,3)4)40-29(23-21(37)12-18(35)13-22(23)38)41-28(24)19-6-7-20(36)26(39)25(19)34/h6-7,12-13,16-17,28H,5,8-11,14-15H2,1-4H3,(H,40,41)(H,45,46). The van der Waals surface area contributed by atoms with E-state index in [0.29, 0.717) is 12.1 Å². The molecule has 2 aliphatic heterocycles. The summed E-state index contributed by atoms with van der Waals surface area (Å²) in [6.45, 7) is 7.05. The van der Waals surface area contributed by atoms with Crippen molar-refractivity contribution in [1.29, 1.82) is 0 Å². The molecule has 49 heavy (non-hydrogen) atoms. The molecule has 0 radical (unpaired) electrons. The highest BCUT2D eigenvalue weighted by atomic mass is 35.5. The lowest BCUT2D eigenvalue weighted by Gasteiger charge is -2.53. The molecule has 0 amide bonds. The summed E-state index contributed by atoms with van der Waals surface area (Å²) in [4.78, 5) is 31.1. The van der Waals surface area contributed by atoms with E-state index in [4.69, 9.17) is 21.1 Å². The van der Waals surface area contributed by atoms with E-state index >= 15 is 8.78 Å². The maximum absolute atomic E-state index is 15.1. The Morgan fingerprint density at radius 2 is 1.69 bits per heavy atom. The third kappa shape index (κ3) is 7.26. The smallest absolute Gasteiger partial charge is 0.338 e. The Morgan fingerprint density at radius 1 is 1.08 bits per heavy atom. The average Bonchev–Trinajstić information content (AvgIpc) is 2.98. The van der Waals surface area contributed by atoms with Crippen LogP contribution >= 0.6 is 11.6 Å². The largest absolute Gasteiger partial charge is 0.463 e. The molecule has 266 valence electrons. The summed E-state index contributed by atoms with van der Waals surface area (Å²) in [5.41, 5.74) is -1.75. The van der Waals surface area contributed by atoms with Crippen LogP contribution in [-0.2, 0) is 30.1 Å². The number of aliphatic imine (C=N–C) groups is 1. The van der Waals surface area contributed by atoms with Crippen LogP contribution in [0.1, 0.15) is 70.5 Å². The van der Waals surface area contributed by atoms with Crippen LogP contribution in [0, 0.1) is 40.9 Å². The minimum atomic E-state index is -2.35. The number of benzene rings is 2. The van der Waals surface area contributed by atoms with Crippen LogP contribution < -0.4 is 5.32 Å². The molecule has 0 bridgehead atoms. The monoisotopic (exact) mass is 731 g/mol. The van der Waals surface area contributed by atoms with Gasteiger partial charge in [-0.15, -0.1) is 0 Å². The Balaban J connectivity index is 1.52. The fourth-order valence-electron chi connectivity index (χ4n) is 6.54. The van der Waals surface area contributed by atoms with Gasteiger partial charge in [-0.3, -0.25) is 14.7 Å². The highest BCUT2D eigenvalue weighted by Crippen LogP contribution is 2.48. The van der Waals surface area contributed by atoms with Crippen molar-refractivity contribution in [3.8, 4) is 0 Å². The molecule has 0 aromatic heterocycles. The summed E-state index contributed by atoms with van der Waals surface area (Å²) in [6, 6.07) is 1.22. The van der Waals surface area contributed by atoms with Crippen molar-refractivity contribution in [3.05, 3.63) is 80.8 Å². The van der Waals surface area contributed by atoms with Crippen LogP contribution in [0.3, 0.4) is 0 Å². The van der Waals surface area contributed by atoms with Crippen molar-refractivity contribution < 1.29 is 49.8 Å². The zero-order valence-electron chi connectivity index (χ0n) is 27.1. The van der Waals surface area contributed by atoms with Crippen molar-refractivity contribution in [1.82, 2.24) is 10.2 Å². The number of nitrogens with zero attached hydrogens (tertiary/aromatic N) is 2. The predicted molar refractivity (Wildman–Crippen MR) is 170 cm³/mol. The van der Waals surface area contributed by atoms with E-state index in [1.165, 1.54) is 0 Å². The topological polar surface area (TPSA) is 118 Å². The van der Waals surface area contributed by atoms with Gasteiger partial charge in [0.25, 0.3) is 0 Å². The van der Waals surface area contributed by atoms with Gasteiger partial charge in [0.05, 0.1) is 28.7 Å². The van der Waals surface area contributed by atoms with Crippen LogP contribution in [0.15, 0.2) is 40.5 Å². The number of amidine groups is 1. The fourth-order valence-corrected chi connectivity index (χ4v) is 7.89. The second-order valence-corrected chi connectivity index (χ2v) is 14.8. The molecule has 3 aliphatic rings. The van der Waals surface area contributed by atoms with Gasteiger partial charge in [-0.05, 0) is 59.4 Å². The van der Waals surface area contributed by atoms with Gasteiger partial charge in [0.2, 0.25) is 0 Å². The summed E-state index contributed by atoms with van der Waals surface area (Å²) in [5, 5.41) is 2.13. The highest BCUT2D eigenvalue weighted by molar-refractivity contribution is 7.80. The quantitative estimate of drug-likeness (QED) is 0.140. The zero-order valence-corrected chi connectivity index (χ0v) is 28.6. The van der Waals surface area contributed by atoms with Gasteiger partial charge in [-0.1, -0.05) is 17.7 Å². The van der Waals surface area contributed by atoms with Gasteiger partial charge < -0.3 is 19.3 Å². The molecule has 1 saturated heterocycles. The molecule has 2 aromatic rings. The van der Waals surface area contributed by atoms with Gasteiger partial charge >= 0.3 is 11.9 Å². The Hall–Kier alpha value is -3.40. The number of rotatable bonds is 8. The first-order valence-corrected chi connectivity index (χ1v) is 17.1. The highest BCUT2D eigenvalue weighted by Gasteiger charge is 2.57. The third-order valence-electron chi connectivity index (χ3n) is 8.85. The molecule has 2 heterocycles. The molecule has 2 atom stereocenters. The van der Waals surface area contributed by atoms with Crippen LogP contribution in [-0.4, -0.2) is 61.6 Å². The lowest BCUT2D eigenvalue weighted by Crippen LogP contribution is -2.63. The molecule has 2 unspecified atom stereocenters. The first-order chi connectivity index (χ1) is 23.0. The number of esters is 2. The maximum Gasteiger partial charge on any atom is 0.338 e. The first-order valence-electron chi connectivity index (χ1n) is 15.6. The van der Waals surface area contributed by atoms with E-state index in [9.17, 15) is 31.5 Å². The molecular formula is C33H35ClF5N3O6S. The zero-order chi connectivity index (χ0) is 36.0. The van der Waals surface area contributed by atoms with E-state index in [1.54, 1.807) is 32.6 Å². The summed E-state index contributed by atoms with van der Waals surface area (Å²) in [5.74, 6) is -9.52. The predicted octanol–water partition coefficient (Wildman–Crippen LogP) is 6.33. The minimum Gasteiger partial charge on any atom is -0.463 e. The van der Waals surface area contributed by atoms with Crippen LogP contribution in [0.25, 0.3) is 0 Å². The summed E-state index contributed by atoms with van der Waals surface area (Å²) >= 11 is 3.86. The maximum atomic E-state index is 15.1. The first kappa shape index (κ1) is 36.9. The SMILES string of the molecule is CCOC(=O)C1=C(C2CCN(C3(S(=O)O)CC(C(=O)OC(C)(C)C)C3)CC2)NC(c2c(F)cc(F)cc2F)=NC1c1ccc(F)c(F)c1Cl. The Kier molecular flexibility index (Phi) is 10.6. The Bertz CT molecular complexity index is 1730. The number of likely N-dealkylation sites (tertiary alicyclic amines) is 1. The van der Waals surface area contributed by atoms with Crippen LogP contribution in [0.2, 0.25) is 5.02 Å². The fraction of sp³-hybridized carbons (Fsp3) is 0.485. The Labute approximate surface area is 287 Å². The van der Waals surface area contributed by atoms with Crippen LogP contribution in [0.4, 0.5) is 22.0 Å². The number of allylic oxidation sites excluding steroid dienone is 1. The van der Waals surface area contributed by atoms with Crippen LogP contribution in [0.5, 0.6) is 0 Å². The van der Waals surface area contributed by atoms with E-state index < -0.39 is 96.9 Å². The molecule has 2 aromatic carbocycles. The molecule has 9 nitrogen and oxygen atoms in total. The molecule has 1 saturated carbocycles. The van der Waals surface area contributed by atoms with Crippen molar-refractivity contribution in [2.45, 2.75) is 69.9 Å². The lowest BCUT2D eigenvalue weighted by molar-refractivity contribution is -0.167. The molecule has 2 fully saturated rings. The van der Waals surface area contributed by atoms with Crippen molar-refractivity contribution >= 4 is 40.5 Å². The number of carbonyl (C=O) groups excluding carboxylic acids is 2. The summed E-state index contributed by atoms with van der Waals surface area (Å²) < 4.78 is 107. The minimum absolute atomic E-state index is 0.0847. The number of hydrogen-bond acceptors (Lipinski definition) is 8. The molecule has 16 heteroatoms.